The number of carbonyl (C=O) groups is 1. The molecular weight excluding hydrogens is 302 g/mol. The molecule has 1 aliphatic rings. The van der Waals surface area contributed by atoms with Crippen LogP contribution in [0.1, 0.15) is 32.3 Å². The molecule has 0 spiro atoms. The monoisotopic (exact) mass is 326 g/mol. The predicted octanol–water partition coefficient (Wildman–Crippen LogP) is 2.16. The molecule has 1 atom stereocenters. The van der Waals surface area contributed by atoms with E-state index in [-0.39, 0.29) is 12.5 Å². The van der Waals surface area contributed by atoms with E-state index >= 15 is 0 Å². The lowest BCUT2D eigenvalue weighted by Crippen LogP contribution is -2.58. The van der Waals surface area contributed by atoms with Crippen molar-refractivity contribution in [3.8, 4) is 0 Å². The van der Waals surface area contributed by atoms with E-state index in [2.05, 4.69) is 0 Å². The fourth-order valence-corrected chi connectivity index (χ4v) is 3.04. The summed E-state index contributed by atoms with van der Waals surface area (Å²) in [6.07, 6.45) is 1.11. The van der Waals surface area contributed by atoms with Crippen LogP contribution < -0.4 is 0 Å². The zero-order valence-corrected chi connectivity index (χ0v) is 13.7. The molecular formula is C17H24F2N2O2. The van der Waals surface area contributed by atoms with E-state index in [9.17, 15) is 18.7 Å². The van der Waals surface area contributed by atoms with Crippen molar-refractivity contribution in [2.75, 3.05) is 26.2 Å². The van der Waals surface area contributed by atoms with Gasteiger partial charge >= 0.3 is 0 Å². The van der Waals surface area contributed by atoms with Gasteiger partial charge in [0, 0.05) is 19.6 Å². The van der Waals surface area contributed by atoms with Crippen LogP contribution in [-0.2, 0) is 11.3 Å². The zero-order valence-electron chi connectivity index (χ0n) is 13.7. The number of halogens is 2. The first-order valence-corrected chi connectivity index (χ1v) is 8.07. The normalized spacial score (nSPS) is 22.0. The molecule has 128 valence electrons. The summed E-state index contributed by atoms with van der Waals surface area (Å²) in [4.78, 5) is 16.2. The summed E-state index contributed by atoms with van der Waals surface area (Å²) in [6, 6.07) is 3.62. The summed E-state index contributed by atoms with van der Waals surface area (Å²) in [5.41, 5.74) is -0.882. The second-order valence-electron chi connectivity index (χ2n) is 6.07. The first-order chi connectivity index (χ1) is 10.9. The molecule has 0 aromatic heterocycles. The van der Waals surface area contributed by atoms with E-state index in [1.807, 2.05) is 18.7 Å². The minimum absolute atomic E-state index is 0.177. The topological polar surface area (TPSA) is 43.8 Å². The van der Waals surface area contributed by atoms with Crippen LogP contribution in [0.2, 0.25) is 0 Å². The van der Waals surface area contributed by atoms with Crippen molar-refractivity contribution in [2.45, 2.75) is 38.8 Å². The number of hydrogen-bond donors (Lipinski definition) is 1. The molecule has 1 amide bonds. The van der Waals surface area contributed by atoms with Crippen molar-refractivity contribution in [3.05, 3.63) is 35.4 Å². The van der Waals surface area contributed by atoms with E-state index in [1.165, 1.54) is 11.0 Å². The number of likely N-dealkylation sites (N-methyl/N-ethyl adjacent to an activating group) is 1. The number of amides is 1. The van der Waals surface area contributed by atoms with Crippen LogP contribution in [0, 0.1) is 11.6 Å². The van der Waals surface area contributed by atoms with Gasteiger partial charge in [-0.2, -0.15) is 0 Å². The number of piperidine rings is 1. The Morgan fingerprint density at radius 3 is 2.57 bits per heavy atom. The molecule has 0 radical (unpaired) electrons. The Bertz CT molecular complexity index is 564. The molecule has 0 bridgehead atoms. The standard InChI is InChI=1S/C17H24F2N2O2/c1-3-20(4-2)12-17(23)8-5-9-21(16(17)22)11-13-6-7-14(18)15(19)10-13/h6-7,10,23H,3-5,8-9,11-12H2,1-2H3/t17-/m1/s1. The minimum Gasteiger partial charge on any atom is -0.379 e. The zero-order chi connectivity index (χ0) is 17.0. The molecule has 1 saturated heterocycles. The lowest BCUT2D eigenvalue weighted by atomic mass is 9.90. The van der Waals surface area contributed by atoms with Gasteiger partial charge in [-0.1, -0.05) is 19.9 Å². The Morgan fingerprint density at radius 1 is 1.26 bits per heavy atom. The summed E-state index contributed by atoms with van der Waals surface area (Å²) in [5.74, 6) is -2.16. The highest BCUT2D eigenvalue weighted by atomic mass is 19.2. The molecule has 0 saturated carbocycles. The molecule has 1 aliphatic heterocycles. The first kappa shape index (κ1) is 17.8. The highest BCUT2D eigenvalue weighted by molar-refractivity contribution is 5.86. The summed E-state index contributed by atoms with van der Waals surface area (Å²) in [7, 11) is 0. The van der Waals surface area contributed by atoms with Gasteiger partial charge in [-0.3, -0.25) is 4.79 Å². The molecule has 1 aromatic rings. The molecule has 0 aliphatic carbocycles. The number of carbonyl (C=O) groups excluding carboxylic acids is 1. The molecule has 4 nitrogen and oxygen atoms in total. The molecule has 1 heterocycles. The van der Waals surface area contributed by atoms with Gasteiger partial charge in [-0.15, -0.1) is 0 Å². The van der Waals surface area contributed by atoms with Crippen molar-refractivity contribution in [3.63, 3.8) is 0 Å². The van der Waals surface area contributed by atoms with E-state index in [4.69, 9.17) is 0 Å². The SMILES string of the molecule is CCN(CC)C[C@]1(O)CCCN(Cc2ccc(F)c(F)c2)C1=O. The Balaban J connectivity index is 2.11. The van der Waals surface area contributed by atoms with Crippen LogP contribution >= 0.6 is 0 Å². The van der Waals surface area contributed by atoms with Gasteiger partial charge in [0.2, 0.25) is 0 Å². The molecule has 1 fully saturated rings. The van der Waals surface area contributed by atoms with E-state index in [0.717, 1.165) is 25.2 Å². The number of rotatable bonds is 6. The van der Waals surface area contributed by atoms with Gasteiger partial charge in [0.1, 0.15) is 0 Å². The van der Waals surface area contributed by atoms with Crippen LogP contribution in [0.4, 0.5) is 8.78 Å². The lowest BCUT2D eigenvalue weighted by Gasteiger charge is -2.40. The van der Waals surface area contributed by atoms with Crippen LogP contribution in [0.3, 0.4) is 0 Å². The maximum atomic E-state index is 13.3. The Hall–Kier alpha value is -1.53. The lowest BCUT2D eigenvalue weighted by molar-refractivity contribution is -0.160. The molecule has 1 aromatic carbocycles. The Morgan fingerprint density at radius 2 is 1.96 bits per heavy atom. The van der Waals surface area contributed by atoms with Crippen molar-refractivity contribution in [1.29, 1.82) is 0 Å². The fourth-order valence-electron chi connectivity index (χ4n) is 3.04. The number of benzene rings is 1. The maximum Gasteiger partial charge on any atom is 0.256 e. The third kappa shape index (κ3) is 4.06. The maximum absolute atomic E-state index is 13.3. The largest absolute Gasteiger partial charge is 0.379 e. The van der Waals surface area contributed by atoms with Gasteiger partial charge in [0.25, 0.3) is 5.91 Å². The van der Waals surface area contributed by atoms with Gasteiger partial charge in [-0.25, -0.2) is 8.78 Å². The van der Waals surface area contributed by atoms with Gasteiger partial charge in [-0.05, 0) is 43.6 Å². The predicted molar refractivity (Wildman–Crippen MR) is 83.7 cm³/mol. The van der Waals surface area contributed by atoms with Gasteiger partial charge in [0.15, 0.2) is 17.2 Å². The second kappa shape index (κ2) is 7.36. The third-order valence-electron chi connectivity index (χ3n) is 4.44. The fraction of sp³-hybridized carbons (Fsp3) is 0.588. The van der Waals surface area contributed by atoms with Gasteiger partial charge in [0.05, 0.1) is 0 Å². The second-order valence-corrected chi connectivity index (χ2v) is 6.07. The minimum atomic E-state index is -1.40. The van der Waals surface area contributed by atoms with E-state index < -0.39 is 17.2 Å². The van der Waals surface area contributed by atoms with Crippen LogP contribution in [0.5, 0.6) is 0 Å². The van der Waals surface area contributed by atoms with Crippen molar-refractivity contribution in [2.24, 2.45) is 0 Å². The van der Waals surface area contributed by atoms with E-state index in [1.54, 1.807) is 0 Å². The summed E-state index contributed by atoms with van der Waals surface area (Å²) >= 11 is 0. The number of aliphatic hydroxyl groups is 1. The third-order valence-corrected chi connectivity index (χ3v) is 4.44. The van der Waals surface area contributed by atoms with Gasteiger partial charge < -0.3 is 14.9 Å². The van der Waals surface area contributed by atoms with Crippen molar-refractivity contribution in [1.82, 2.24) is 9.80 Å². The average Bonchev–Trinajstić information content (AvgIpc) is 2.53. The summed E-state index contributed by atoms with van der Waals surface area (Å²) in [5, 5.41) is 10.8. The molecule has 23 heavy (non-hydrogen) atoms. The summed E-state index contributed by atoms with van der Waals surface area (Å²) in [6.45, 7) is 6.48. The quantitative estimate of drug-likeness (QED) is 0.871. The highest BCUT2D eigenvalue weighted by Gasteiger charge is 2.42. The Kier molecular flexibility index (Phi) is 5.70. The highest BCUT2D eigenvalue weighted by Crippen LogP contribution is 2.25. The van der Waals surface area contributed by atoms with Crippen LogP contribution in [0.15, 0.2) is 18.2 Å². The summed E-state index contributed by atoms with van der Waals surface area (Å²) < 4.78 is 26.3. The van der Waals surface area contributed by atoms with Crippen molar-refractivity contribution < 1.29 is 18.7 Å². The number of hydrogen-bond acceptors (Lipinski definition) is 3. The smallest absolute Gasteiger partial charge is 0.256 e. The molecule has 2 rings (SSSR count). The Labute approximate surface area is 135 Å². The van der Waals surface area contributed by atoms with Crippen LogP contribution in [0.25, 0.3) is 0 Å². The van der Waals surface area contributed by atoms with Crippen LogP contribution in [-0.4, -0.2) is 52.6 Å². The molecule has 6 heteroatoms. The average molecular weight is 326 g/mol. The van der Waals surface area contributed by atoms with E-state index in [0.29, 0.717) is 31.5 Å². The first-order valence-electron chi connectivity index (χ1n) is 8.07. The number of nitrogens with zero attached hydrogens (tertiary/aromatic N) is 2. The molecule has 0 unspecified atom stereocenters. The number of likely N-dealkylation sites (tertiary alicyclic amines) is 1. The molecule has 1 N–H and O–H groups in total. The van der Waals surface area contributed by atoms with Crippen molar-refractivity contribution >= 4 is 5.91 Å².